The summed E-state index contributed by atoms with van der Waals surface area (Å²) < 4.78 is 6.34. The largest absolute Gasteiger partial charge is 0.444 e. The summed E-state index contributed by atoms with van der Waals surface area (Å²) in [7, 11) is 0. The Balaban J connectivity index is 1.29. The third-order valence-electron chi connectivity index (χ3n) is 5.91. The fourth-order valence-electron chi connectivity index (χ4n) is 4.16. The molecule has 2 atom stereocenters. The normalized spacial score (nSPS) is 19.2. The lowest BCUT2D eigenvalue weighted by Gasteiger charge is -2.35. The van der Waals surface area contributed by atoms with Crippen LogP contribution in [0.3, 0.4) is 0 Å². The number of fused-ring (bicyclic) bond motifs is 2. The van der Waals surface area contributed by atoms with Crippen molar-refractivity contribution in [3.05, 3.63) is 88.2 Å². The van der Waals surface area contributed by atoms with E-state index in [0.29, 0.717) is 17.6 Å². The number of pyridine rings is 1. The number of nitrogens with one attached hydrogen (secondary N) is 2. The van der Waals surface area contributed by atoms with Gasteiger partial charge < -0.3 is 10.1 Å². The van der Waals surface area contributed by atoms with Crippen LogP contribution >= 0.6 is 15.9 Å². The van der Waals surface area contributed by atoms with Gasteiger partial charge in [-0.2, -0.15) is 0 Å². The molecule has 0 saturated heterocycles. The zero-order chi connectivity index (χ0) is 23.5. The number of benzene rings is 2. The minimum atomic E-state index is -0.682. The Morgan fingerprint density at radius 2 is 1.97 bits per heavy atom. The number of hydrogen-bond donors (Lipinski definition) is 2. The number of halogens is 1. The quantitative estimate of drug-likeness (QED) is 0.497. The molecule has 0 bridgehead atoms. The number of hydroxylamine groups is 1. The number of nitrogens with zero attached hydrogens (tertiary/aromatic N) is 2. The summed E-state index contributed by atoms with van der Waals surface area (Å²) in [5.41, 5.74) is 6.41. The lowest BCUT2D eigenvalue weighted by molar-refractivity contribution is -0.127. The van der Waals surface area contributed by atoms with Crippen molar-refractivity contribution in [2.24, 2.45) is 0 Å². The number of amides is 2. The Labute approximate surface area is 205 Å². The van der Waals surface area contributed by atoms with Crippen LogP contribution in [0.1, 0.15) is 16.7 Å². The van der Waals surface area contributed by atoms with Gasteiger partial charge in [0.2, 0.25) is 5.91 Å². The van der Waals surface area contributed by atoms with E-state index in [-0.39, 0.29) is 25.2 Å². The highest BCUT2D eigenvalue weighted by Gasteiger charge is 2.36. The van der Waals surface area contributed by atoms with E-state index in [4.69, 9.17) is 9.57 Å². The molecule has 2 aromatic carbocycles. The first-order valence-electron chi connectivity index (χ1n) is 11.0. The summed E-state index contributed by atoms with van der Waals surface area (Å²) in [5.74, 6) is -0.251. The maximum atomic E-state index is 13.1. The molecule has 0 radical (unpaired) electrons. The van der Waals surface area contributed by atoms with Crippen molar-refractivity contribution in [2.75, 3.05) is 6.54 Å². The predicted octanol–water partition coefficient (Wildman–Crippen LogP) is 3.55. The third kappa shape index (κ3) is 4.90. The molecule has 3 heterocycles. The molecular formula is C25H23BrN4O4. The van der Waals surface area contributed by atoms with Crippen molar-refractivity contribution >= 4 is 38.8 Å². The molecule has 0 saturated carbocycles. The smallest absolute Gasteiger partial charge is 0.411 e. The van der Waals surface area contributed by atoms with E-state index in [2.05, 4.69) is 31.7 Å². The second-order valence-electron chi connectivity index (χ2n) is 8.23. The molecule has 2 aliphatic rings. The Kier molecular flexibility index (Phi) is 6.46. The molecule has 5 rings (SSSR count). The molecule has 34 heavy (non-hydrogen) atoms. The topological polar surface area (TPSA) is 92.8 Å². The number of hydrogen-bond acceptors (Lipinski definition) is 6. The molecule has 3 aromatic rings. The van der Waals surface area contributed by atoms with E-state index in [1.54, 1.807) is 6.20 Å². The maximum Gasteiger partial charge on any atom is 0.411 e. The van der Waals surface area contributed by atoms with Crippen LogP contribution in [0.25, 0.3) is 10.9 Å². The lowest BCUT2D eigenvalue weighted by Crippen LogP contribution is -2.53. The highest BCUT2D eigenvalue weighted by molar-refractivity contribution is 9.11. The van der Waals surface area contributed by atoms with Crippen LogP contribution in [0.5, 0.6) is 0 Å². The standard InChI is InChI=1S/C25H23BrN4O4/c26-23-11-20(34-29-23)13-28-24(31)22-10-17-5-1-2-7-19(17)14-30(22)25(32)33-15-16-9-18-6-3-4-8-21(18)27-12-16/h1-9,11-12,20,22,29H,10,13-15H2,(H,28,31). The Bertz CT molecular complexity index is 1260. The second kappa shape index (κ2) is 9.82. The van der Waals surface area contributed by atoms with E-state index in [9.17, 15) is 9.59 Å². The summed E-state index contributed by atoms with van der Waals surface area (Å²) in [6.45, 7) is 0.657. The SMILES string of the molecule is O=C(NCC1C=C(Br)NO1)C1Cc2ccccc2CN1C(=O)OCc1cnc2ccccc2c1. The van der Waals surface area contributed by atoms with Crippen molar-refractivity contribution in [1.82, 2.24) is 20.7 Å². The van der Waals surface area contributed by atoms with Crippen LogP contribution in [0.15, 0.2) is 71.5 Å². The number of para-hydroxylation sites is 1. The van der Waals surface area contributed by atoms with Crippen LogP contribution in [0, 0.1) is 0 Å². The Morgan fingerprint density at radius 3 is 2.79 bits per heavy atom. The summed E-state index contributed by atoms with van der Waals surface area (Å²) in [6.07, 6.45) is 3.10. The van der Waals surface area contributed by atoms with Gasteiger partial charge in [0.15, 0.2) is 0 Å². The molecule has 9 heteroatoms. The van der Waals surface area contributed by atoms with Crippen LogP contribution < -0.4 is 10.8 Å². The average Bonchev–Trinajstić information content (AvgIpc) is 3.29. The number of ether oxygens (including phenoxy) is 1. The van der Waals surface area contributed by atoms with Crippen molar-refractivity contribution in [1.29, 1.82) is 0 Å². The summed E-state index contributed by atoms with van der Waals surface area (Å²) in [6, 6.07) is 16.9. The molecule has 0 spiro atoms. The highest BCUT2D eigenvalue weighted by Crippen LogP contribution is 2.25. The first kappa shape index (κ1) is 22.4. The van der Waals surface area contributed by atoms with Gasteiger partial charge >= 0.3 is 6.09 Å². The zero-order valence-electron chi connectivity index (χ0n) is 18.2. The number of rotatable bonds is 5. The second-order valence-corrected chi connectivity index (χ2v) is 9.08. The molecule has 2 N–H and O–H groups in total. The van der Waals surface area contributed by atoms with Crippen LogP contribution in [-0.2, 0) is 33.9 Å². The van der Waals surface area contributed by atoms with Gasteiger partial charge in [-0.3, -0.25) is 25.0 Å². The Morgan fingerprint density at radius 1 is 1.18 bits per heavy atom. The third-order valence-corrected chi connectivity index (χ3v) is 6.34. The summed E-state index contributed by atoms with van der Waals surface area (Å²) in [5, 5.41) is 3.87. The van der Waals surface area contributed by atoms with E-state index in [1.807, 2.05) is 60.7 Å². The molecule has 2 aliphatic heterocycles. The van der Waals surface area contributed by atoms with Crippen LogP contribution in [-0.4, -0.2) is 40.6 Å². The first-order valence-corrected chi connectivity index (χ1v) is 11.8. The molecule has 0 fully saturated rings. The van der Waals surface area contributed by atoms with Crippen molar-refractivity contribution in [3.63, 3.8) is 0 Å². The van der Waals surface area contributed by atoms with Crippen LogP contribution in [0.4, 0.5) is 4.79 Å². The van der Waals surface area contributed by atoms with Gasteiger partial charge in [-0.05, 0) is 45.3 Å². The van der Waals surface area contributed by atoms with Crippen molar-refractivity contribution in [2.45, 2.75) is 31.7 Å². The predicted molar refractivity (Wildman–Crippen MR) is 129 cm³/mol. The van der Waals surface area contributed by atoms with Gasteiger partial charge in [0, 0.05) is 23.6 Å². The number of carbonyl (C=O) groups is 2. The van der Waals surface area contributed by atoms with Gasteiger partial charge in [-0.25, -0.2) is 4.79 Å². The van der Waals surface area contributed by atoms with E-state index in [1.165, 1.54) is 4.90 Å². The molecule has 1 aromatic heterocycles. The van der Waals surface area contributed by atoms with Crippen molar-refractivity contribution in [3.8, 4) is 0 Å². The first-order chi connectivity index (χ1) is 16.6. The molecular weight excluding hydrogens is 500 g/mol. The number of aromatic nitrogens is 1. The number of carbonyl (C=O) groups excluding carboxylic acids is 2. The highest BCUT2D eigenvalue weighted by atomic mass is 79.9. The van der Waals surface area contributed by atoms with Crippen LogP contribution in [0.2, 0.25) is 0 Å². The minimum Gasteiger partial charge on any atom is -0.444 e. The zero-order valence-corrected chi connectivity index (χ0v) is 19.8. The average molecular weight is 523 g/mol. The lowest BCUT2D eigenvalue weighted by atomic mass is 9.94. The van der Waals surface area contributed by atoms with E-state index < -0.39 is 12.1 Å². The molecule has 0 aliphatic carbocycles. The maximum absolute atomic E-state index is 13.1. The molecule has 8 nitrogen and oxygen atoms in total. The van der Waals surface area contributed by atoms with Gasteiger partial charge in [0.25, 0.3) is 0 Å². The van der Waals surface area contributed by atoms with Crippen molar-refractivity contribution < 1.29 is 19.2 Å². The van der Waals surface area contributed by atoms with E-state index in [0.717, 1.165) is 27.6 Å². The fourth-order valence-corrected chi connectivity index (χ4v) is 4.54. The Hall–Kier alpha value is -3.43. The van der Waals surface area contributed by atoms with Gasteiger partial charge in [-0.1, -0.05) is 42.5 Å². The summed E-state index contributed by atoms with van der Waals surface area (Å²) >= 11 is 3.30. The fraction of sp³-hybridized carbons (Fsp3) is 0.240. The molecule has 174 valence electrons. The van der Waals surface area contributed by atoms with E-state index >= 15 is 0 Å². The monoisotopic (exact) mass is 522 g/mol. The minimum absolute atomic E-state index is 0.0730. The molecule has 2 unspecified atom stereocenters. The molecule has 2 amide bonds. The van der Waals surface area contributed by atoms with Gasteiger partial charge in [0.05, 0.1) is 18.6 Å². The summed E-state index contributed by atoms with van der Waals surface area (Å²) in [4.78, 5) is 37.5. The van der Waals surface area contributed by atoms with Gasteiger partial charge in [0.1, 0.15) is 23.4 Å². The van der Waals surface area contributed by atoms with Gasteiger partial charge in [-0.15, -0.1) is 0 Å².